The second-order valence-corrected chi connectivity index (χ2v) is 8.16. The maximum atomic E-state index is 13.2. The van der Waals surface area contributed by atoms with E-state index in [4.69, 9.17) is 0 Å². The van der Waals surface area contributed by atoms with Gasteiger partial charge >= 0.3 is 5.97 Å². The maximum absolute atomic E-state index is 13.2. The van der Waals surface area contributed by atoms with Gasteiger partial charge in [-0.25, -0.2) is 0 Å². The van der Waals surface area contributed by atoms with Crippen LogP contribution < -0.4 is 10.6 Å². The Morgan fingerprint density at radius 1 is 1.09 bits per heavy atom. The number of nitrogens with one attached hydrogen (secondary N) is 2. The summed E-state index contributed by atoms with van der Waals surface area (Å²) in [6, 6.07) is 10.4. The molecule has 2 heterocycles. The van der Waals surface area contributed by atoms with Crippen LogP contribution in [0.3, 0.4) is 0 Å². The Kier molecular flexibility index (Phi) is 6.41. The predicted octanol–water partition coefficient (Wildman–Crippen LogP) is 0.865. The van der Waals surface area contributed by atoms with Crippen molar-refractivity contribution in [2.45, 2.75) is 44.2 Å². The van der Waals surface area contributed by atoms with Gasteiger partial charge in [-0.1, -0.05) is 42.5 Å². The van der Waals surface area contributed by atoms with Gasteiger partial charge in [-0.05, 0) is 36.2 Å². The number of aliphatic hydroxyl groups excluding tert-OH is 1. The summed E-state index contributed by atoms with van der Waals surface area (Å²) >= 11 is 0. The van der Waals surface area contributed by atoms with Gasteiger partial charge in [-0.2, -0.15) is 0 Å². The van der Waals surface area contributed by atoms with Gasteiger partial charge in [-0.3, -0.25) is 19.2 Å². The van der Waals surface area contributed by atoms with E-state index in [1.165, 1.54) is 4.90 Å². The molecule has 2 aliphatic heterocycles. The number of benzene rings is 2. The molecule has 4 rings (SSSR count). The number of ether oxygens (including phenoxy) is 1. The summed E-state index contributed by atoms with van der Waals surface area (Å²) in [6.45, 7) is 1.75. The predicted molar refractivity (Wildman–Crippen MR) is 119 cm³/mol. The van der Waals surface area contributed by atoms with Crippen LogP contribution in [0.1, 0.15) is 30.1 Å². The van der Waals surface area contributed by atoms with E-state index in [2.05, 4.69) is 15.4 Å². The molecule has 4 atom stereocenters. The molecule has 0 aliphatic carbocycles. The van der Waals surface area contributed by atoms with Crippen LogP contribution in [0.4, 0.5) is 0 Å². The van der Waals surface area contributed by atoms with Gasteiger partial charge < -0.3 is 25.4 Å². The zero-order valence-electron chi connectivity index (χ0n) is 18.1. The lowest BCUT2D eigenvalue weighted by molar-refractivity contribution is -0.155. The average molecular weight is 451 g/mol. The molecule has 3 N–H and O–H groups in total. The average Bonchev–Trinajstić information content (AvgIpc) is 3.01. The number of cyclic esters (lactones) is 1. The second-order valence-electron chi connectivity index (χ2n) is 8.16. The Balaban J connectivity index is 1.44. The number of amides is 3. The van der Waals surface area contributed by atoms with E-state index in [1.807, 2.05) is 30.3 Å². The minimum absolute atomic E-state index is 0.141. The summed E-state index contributed by atoms with van der Waals surface area (Å²) in [5, 5.41) is 17.0. The van der Waals surface area contributed by atoms with Gasteiger partial charge in [0, 0.05) is 12.1 Å². The summed E-state index contributed by atoms with van der Waals surface area (Å²) in [7, 11) is 0. The smallest absolute Gasteiger partial charge is 0.310 e. The Morgan fingerprint density at radius 3 is 2.58 bits per heavy atom. The van der Waals surface area contributed by atoms with Crippen molar-refractivity contribution in [2.24, 2.45) is 0 Å². The second kappa shape index (κ2) is 9.41. The third-order valence-electron chi connectivity index (χ3n) is 5.90. The van der Waals surface area contributed by atoms with Gasteiger partial charge in [0.2, 0.25) is 18.1 Å². The summed E-state index contributed by atoms with van der Waals surface area (Å²) in [5.74, 6) is -1.90. The molecule has 33 heavy (non-hydrogen) atoms. The Labute approximate surface area is 190 Å². The third-order valence-corrected chi connectivity index (χ3v) is 5.90. The van der Waals surface area contributed by atoms with Crippen LogP contribution >= 0.6 is 0 Å². The van der Waals surface area contributed by atoms with Gasteiger partial charge in [0.05, 0.1) is 6.42 Å². The highest BCUT2D eigenvalue weighted by atomic mass is 16.6. The topological polar surface area (TPSA) is 125 Å². The highest BCUT2D eigenvalue weighted by Crippen LogP contribution is 2.18. The Hall–Kier alpha value is -3.72. The van der Waals surface area contributed by atoms with Crippen LogP contribution in [-0.2, 0) is 19.1 Å². The van der Waals surface area contributed by atoms with Crippen molar-refractivity contribution in [3.05, 3.63) is 60.2 Å². The molecule has 1 saturated heterocycles. The Morgan fingerprint density at radius 2 is 1.85 bits per heavy atom. The molecule has 172 valence electrons. The molecule has 0 spiro atoms. The third kappa shape index (κ3) is 4.88. The van der Waals surface area contributed by atoms with Crippen LogP contribution in [0, 0.1) is 0 Å². The molecule has 0 saturated carbocycles. The summed E-state index contributed by atoms with van der Waals surface area (Å²) in [6.07, 6.45) is 2.30. The molecule has 2 aromatic rings. The minimum Gasteiger partial charge on any atom is -0.434 e. The first-order chi connectivity index (χ1) is 15.8. The fourth-order valence-electron chi connectivity index (χ4n) is 3.97. The number of hydrogen-bond donors (Lipinski definition) is 3. The highest BCUT2D eigenvalue weighted by Gasteiger charge is 2.37. The fraction of sp³-hybridized carbons (Fsp3) is 0.333. The zero-order chi connectivity index (χ0) is 23.5. The van der Waals surface area contributed by atoms with Crippen molar-refractivity contribution in [1.82, 2.24) is 15.5 Å². The quantitative estimate of drug-likeness (QED) is 0.458. The number of fused-ring (bicyclic) bond motifs is 1. The van der Waals surface area contributed by atoms with Gasteiger partial charge in [0.25, 0.3) is 5.91 Å². The standard InChI is InChI=1S/C24H25N3O6/c1-14(21(29)26-19-13-20(28)33-24(19)32)27-11-5-4-8-18(23(27)31)25-22(30)17-10-9-15-6-2-3-7-16(15)12-17/h2-7,9-10,12,14,18-19,24,32H,8,11,13H2,1H3,(H,25,30)(H,26,29)/t14-,18+,19+,24?/m1/s1. The summed E-state index contributed by atoms with van der Waals surface area (Å²) in [4.78, 5) is 51.4. The summed E-state index contributed by atoms with van der Waals surface area (Å²) in [5.41, 5.74) is 0.437. The number of esters is 1. The first-order valence-electron chi connectivity index (χ1n) is 10.8. The molecule has 9 nitrogen and oxygen atoms in total. The molecule has 3 amide bonds. The van der Waals surface area contributed by atoms with Crippen LogP contribution in [0.5, 0.6) is 0 Å². The lowest BCUT2D eigenvalue weighted by Gasteiger charge is -2.30. The number of carbonyl (C=O) groups excluding carboxylic acids is 4. The molecule has 0 aromatic heterocycles. The lowest BCUT2D eigenvalue weighted by atomic mass is 10.1. The van der Waals surface area contributed by atoms with Gasteiger partial charge in [0.15, 0.2) is 0 Å². The molecular formula is C24H25N3O6. The van der Waals surface area contributed by atoms with E-state index >= 15 is 0 Å². The van der Waals surface area contributed by atoms with Crippen molar-refractivity contribution in [2.75, 3.05) is 6.54 Å². The number of rotatable bonds is 5. The largest absolute Gasteiger partial charge is 0.434 e. The highest BCUT2D eigenvalue weighted by molar-refractivity contribution is 6.01. The molecule has 9 heteroatoms. The van der Waals surface area contributed by atoms with Crippen LogP contribution in [0.25, 0.3) is 10.8 Å². The first kappa shape index (κ1) is 22.5. The van der Waals surface area contributed by atoms with Crippen molar-refractivity contribution < 1.29 is 29.0 Å². The molecule has 2 aromatic carbocycles. The van der Waals surface area contributed by atoms with E-state index in [0.29, 0.717) is 12.0 Å². The monoisotopic (exact) mass is 451 g/mol. The zero-order valence-corrected chi connectivity index (χ0v) is 18.1. The molecule has 0 radical (unpaired) electrons. The lowest BCUT2D eigenvalue weighted by Crippen LogP contribution is -2.56. The number of hydrogen-bond acceptors (Lipinski definition) is 6. The van der Waals surface area contributed by atoms with E-state index < -0.39 is 42.2 Å². The normalized spacial score (nSPS) is 23.7. The van der Waals surface area contributed by atoms with Gasteiger partial charge in [-0.15, -0.1) is 0 Å². The fourth-order valence-corrected chi connectivity index (χ4v) is 3.97. The van der Waals surface area contributed by atoms with Gasteiger partial charge in [0.1, 0.15) is 18.1 Å². The van der Waals surface area contributed by atoms with E-state index in [9.17, 15) is 24.3 Å². The van der Waals surface area contributed by atoms with E-state index in [-0.39, 0.29) is 18.9 Å². The molecule has 1 fully saturated rings. The number of carbonyl (C=O) groups is 4. The molecular weight excluding hydrogens is 426 g/mol. The van der Waals surface area contributed by atoms with Crippen LogP contribution in [0.15, 0.2) is 54.6 Å². The Bertz CT molecular complexity index is 1130. The first-order valence-corrected chi connectivity index (χ1v) is 10.8. The maximum Gasteiger partial charge on any atom is 0.310 e. The van der Waals surface area contributed by atoms with Crippen molar-refractivity contribution >= 4 is 34.5 Å². The number of aliphatic hydroxyl groups is 1. The molecule has 0 bridgehead atoms. The molecule has 1 unspecified atom stereocenters. The minimum atomic E-state index is -1.41. The SMILES string of the molecule is C[C@H](C(=O)N[C@H]1CC(=O)OC1O)N1CC=CC[C@H](NC(=O)c2ccc3ccccc3c2)C1=O. The summed E-state index contributed by atoms with van der Waals surface area (Å²) < 4.78 is 4.63. The number of nitrogens with zero attached hydrogens (tertiary/aromatic N) is 1. The van der Waals surface area contributed by atoms with E-state index in [0.717, 1.165) is 10.8 Å². The van der Waals surface area contributed by atoms with Crippen molar-refractivity contribution in [3.63, 3.8) is 0 Å². The van der Waals surface area contributed by atoms with Crippen LogP contribution in [-0.4, -0.2) is 64.7 Å². The van der Waals surface area contributed by atoms with Crippen molar-refractivity contribution in [3.8, 4) is 0 Å². The van der Waals surface area contributed by atoms with Crippen LogP contribution in [0.2, 0.25) is 0 Å². The van der Waals surface area contributed by atoms with Crippen molar-refractivity contribution in [1.29, 1.82) is 0 Å². The van der Waals surface area contributed by atoms with E-state index in [1.54, 1.807) is 31.2 Å². The molecule has 2 aliphatic rings.